The van der Waals surface area contributed by atoms with E-state index in [2.05, 4.69) is 5.32 Å². The van der Waals surface area contributed by atoms with Gasteiger partial charge in [0.2, 0.25) is 9.05 Å². The molecule has 1 heterocycles. The number of anilines is 1. The predicted octanol–water partition coefficient (Wildman–Crippen LogP) is 1.28. The van der Waals surface area contributed by atoms with Crippen LogP contribution in [0.1, 0.15) is 5.56 Å². The number of urea groups is 1. The van der Waals surface area contributed by atoms with Crippen LogP contribution in [-0.4, -0.2) is 27.5 Å². The molecule has 1 aromatic carbocycles. The molecule has 0 bridgehead atoms. The van der Waals surface area contributed by atoms with Gasteiger partial charge in [-0.2, -0.15) is 0 Å². The van der Waals surface area contributed by atoms with Gasteiger partial charge in [-0.3, -0.25) is 4.90 Å². The van der Waals surface area contributed by atoms with Crippen LogP contribution in [0.5, 0.6) is 0 Å². The fraction of sp³-hybridized carbons (Fsp3) is 0.300. The molecule has 2 rings (SSSR count). The van der Waals surface area contributed by atoms with Gasteiger partial charge >= 0.3 is 6.03 Å². The second-order valence-electron chi connectivity index (χ2n) is 3.70. The summed E-state index contributed by atoms with van der Waals surface area (Å²) in [5.41, 5.74) is 1.12. The molecule has 7 heteroatoms. The van der Waals surface area contributed by atoms with Crippen LogP contribution in [0, 0.1) is 0 Å². The maximum absolute atomic E-state index is 11.5. The third kappa shape index (κ3) is 2.89. The standard InChI is InChI=1S/C10H11ClN2O3S/c11-17(15,16)7-8-3-1-2-4-9(8)13-6-5-12-10(13)14/h1-4H,5-7H2,(H,12,14). The lowest BCUT2D eigenvalue weighted by molar-refractivity contribution is 0.252. The highest BCUT2D eigenvalue weighted by molar-refractivity contribution is 8.13. The van der Waals surface area contributed by atoms with Gasteiger partial charge in [0.05, 0.1) is 5.75 Å². The van der Waals surface area contributed by atoms with Crippen LogP contribution in [0.15, 0.2) is 24.3 Å². The smallest absolute Gasteiger partial charge is 0.322 e. The van der Waals surface area contributed by atoms with E-state index in [4.69, 9.17) is 10.7 Å². The fourth-order valence-electron chi connectivity index (χ4n) is 1.78. The lowest BCUT2D eigenvalue weighted by Gasteiger charge is -2.17. The molecule has 0 atom stereocenters. The maximum atomic E-state index is 11.5. The first-order chi connectivity index (χ1) is 7.97. The summed E-state index contributed by atoms with van der Waals surface area (Å²) in [5.74, 6) is -0.283. The molecule has 0 spiro atoms. The Hall–Kier alpha value is -1.27. The van der Waals surface area contributed by atoms with Crippen LogP contribution < -0.4 is 10.2 Å². The molecule has 1 saturated heterocycles. The molecule has 1 N–H and O–H groups in total. The number of hydrogen-bond donors (Lipinski definition) is 1. The van der Waals surface area contributed by atoms with Crippen molar-refractivity contribution in [3.05, 3.63) is 29.8 Å². The molecule has 0 aliphatic carbocycles. The molecule has 0 saturated carbocycles. The van der Waals surface area contributed by atoms with E-state index in [1.807, 2.05) is 0 Å². The maximum Gasteiger partial charge on any atom is 0.322 e. The Bertz CT molecular complexity index is 544. The van der Waals surface area contributed by atoms with Crippen molar-refractivity contribution in [2.45, 2.75) is 5.75 Å². The Labute approximate surface area is 104 Å². The Morgan fingerprint density at radius 2 is 2.06 bits per heavy atom. The minimum atomic E-state index is -3.63. The second kappa shape index (κ2) is 4.54. The molecule has 0 unspecified atom stereocenters. The molecule has 2 amide bonds. The number of nitrogens with one attached hydrogen (secondary N) is 1. The summed E-state index contributed by atoms with van der Waals surface area (Å²) in [4.78, 5) is 13.0. The zero-order valence-electron chi connectivity index (χ0n) is 8.89. The fourth-order valence-corrected chi connectivity index (χ4v) is 2.75. The van der Waals surface area contributed by atoms with Crippen molar-refractivity contribution < 1.29 is 13.2 Å². The van der Waals surface area contributed by atoms with Crippen molar-refractivity contribution in [1.29, 1.82) is 0 Å². The predicted molar refractivity (Wildman–Crippen MR) is 65.7 cm³/mol. The van der Waals surface area contributed by atoms with Crippen LogP contribution in [-0.2, 0) is 14.8 Å². The summed E-state index contributed by atoms with van der Waals surface area (Å²) in [6, 6.07) is 6.62. The molecular formula is C10H11ClN2O3S. The van der Waals surface area contributed by atoms with E-state index in [1.165, 1.54) is 4.90 Å². The Balaban J connectivity index is 2.37. The normalized spacial score (nSPS) is 16.1. The number of carbonyl (C=O) groups excluding carboxylic acids is 1. The number of nitrogens with zero attached hydrogens (tertiary/aromatic N) is 1. The van der Waals surface area contributed by atoms with Crippen LogP contribution in [0.25, 0.3) is 0 Å². The summed E-state index contributed by atoms with van der Waals surface area (Å²) in [6.07, 6.45) is 0. The topological polar surface area (TPSA) is 66.5 Å². The molecule has 0 radical (unpaired) electrons. The number of carbonyl (C=O) groups is 1. The van der Waals surface area contributed by atoms with Crippen molar-refractivity contribution in [1.82, 2.24) is 5.32 Å². The third-order valence-electron chi connectivity index (χ3n) is 2.47. The lowest BCUT2D eigenvalue weighted by Crippen LogP contribution is -2.28. The van der Waals surface area contributed by atoms with Crippen LogP contribution in [0.2, 0.25) is 0 Å². The van der Waals surface area contributed by atoms with Crippen molar-refractivity contribution in [2.24, 2.45) is 0 Å². The molecule has 17 heavy (non-hydrogen) atoms. The highest BCUT2D eigenvalue weighted by Gasteiger charge is 2.24. The van der Waals surface area contributed by atoms with Gasteiger partial charge in [-0.05, 0) is 11.6 Å². The molecule has 1 aromatic rings. The summed E-state index contributed by atoms with van der Waals surface area (Å²) in [6.45, 7) is 1.08. The van der Waals surface area contributed by atoms with Gasteiger partial charge in [0.15, 0.2) is 0 Å². The van der Waals surface area contributed by atoms with E-state index in [0.717, 1.165) is 0 Å². The quantitative estimate of drug-likeness (QED) is 0.845. The SMILES string of the molecule is O=C1NCCN1c1ccccc1CS(=O)(=O)Cl. The largest absolute Gasteiger partial charge is 0.336 e. The second-order valence-corrected chi connectivity index (χ2v) is 6.47. The van der Waals surface area contributed by atoms with Crippen LogP contribution >= 0.6 is 10.7 Å². The zero-order valence-corrected chi connectivity index (χ0v) is 10.5. The monoisotopic (exact) mass is 274 g/mol. The third-order valence-corrected chi connectivity index (χ3v) is 3.45. The molecule has 5 nitrogen and oxygen atoms in total. The Morgan fingerprint density at radius 3 is 2.65 bits per heavy atom. The lowest BCUT2D eigenvalue weighted by atomic mass is 10.2. The minimum Gasteiger partial charge on any atom is -0.336 e. The average molecular weight is 275 g/mol. The van der Waals surface area contributed by atoms with E-state index >= 15 is 0 Å². The first kappa shape index (κ1) is 12.2. The highest BCUT2D eigenvalue weighted by atomic mass is 35.7. The Kier molecular flexibility index (Phi) is 3.26. The van der Waals surface area contributed by atoms with E-state index in [0.29, 0.717) is 24.3 Å². The number of rotatable bonds is 3. The molecule has 0 aromatic heterocycles. The first-order valence-corrected chi connectivity index (χ1v) is 7.51. The molecular weight excluding hydrogens is 264 g/mol. The Morgan fingerprint density at radius 1 is 1.35 bits per heavy atom. The van der Waals surface area contributed by atoms with Gasteiger partial charge in [-0.15, -0.1) is 0 Å². The van der Waals surface area contributed by atoms with Gasteiger partial charge in [0.1, 0.15) is 0 Å². The first-order valence-electron chi connectivity index (χ1n) is 5.03. The van der Waals surface area contributed by atoms with Crippen molar-refractivity contribution >= 4 is 31.5 Å². The number of hydrogen-bond acceptors (Lipinski definition) is 3. The zero-order chi connectivity index (χ0) is 12.5. The van der Waals surface area contributed by atoms with E-state index < -0.39 is 9.05 Å². The molecule has 92 valence electrons. The number of benzene rings is 1. The highest BCUT2D eigenvalue weighted by Crippen LogP contribution is 2.24. The molecule has 1 aliphatic heterocycles. The van der Waals surface area contributed by atoms with E-state index in [1.54, 1.807) is 24.3 Å². The minimum absolute atomic E-state index is 0.218. The van der Waals surface area contributed by atoms with Gasteiger partial charge in [0, 0.05) is 29.5 Å². The average Bonchev–Trinajstić information content (AvgIpc) is 2.63. The number of halogens is 1. The van der Waals surface area contributed by atoms with Crippen molar-refractivity contribution in [3.8, 4) is 0 Å². The van der Waals surface area contributed by atoms with Gasteiger partial charge in [-0.25, -0.2) is 13.2 Å². The van der Waals surface area contributed by atoms with Gasteiger partial charge in [-0.1, -0.05) is 18.2 Å². The van der Waals surface area contributed by atoms with Crippen LogP contribution in [0.4, 0.5) is 10.5 Å². The van der Waals surface area contributed by atoms with Crippen LogP contribution in [0.3, 0.4) is 0 Å². The number of amides is 2. The summed E-state index contributed by atoms with van der Waals surface area (Å²) in [5, 5.41) is 2.66. The van der Waals surface area contributed by atoms with Gasteiger partial charge < -0.3 is 5.32 Å². The summed E-state index contributed by atoms with van der Waals surface area (Å²) in [7, 11) is 1.60. The van der Waals surface area contributed by atoms with Crippen molar-refractivity contribution in [3.63, 3.8) is 0 Å². The summed E-state index contributed by atoms with van der Waals surface area (Å²) < 4.78 is 22.2. The summed E-state index contributed by atoms with van der Waals surface area (Å²) >= 11 is 0. The van der Waals surface area contributed by atoms with Crippen molar-refractivity contribution in [2.75, 3.05) is 18.0 Å². The van der Waals surface area contributed by atoms with Gasteiger partial charge in [0.25, 0.3) is 0 Å². The molecule has 1 aliphatic rings. The van der Waals surface area contributed by atoms with E-state index in [9.17, 15) is 13.2 Å². The molecule has 1 fully saturated rings. The van der Waals surface area contributed by atoms with E-state index in [-0.39, 0.29) is 11.8 Å². The number of para-hydroxylation sites is 1.